The highest BCUT2D eigenvalue weighted by molar-refractivity contribution is 8.00. The van der Waals surface area contributed by atoms with Crippen LogP contribution in [0.4, 0.5) is 5.69 Å². The minimum atomic E-state index is -0.440. The molecular weight excluding hydrogens is 458 g/mol. The molecule has 7 nitrogen and oxygen atoms in total. The zero-order valence-corrected chi connectivity index (χ0v) is 20.5. The van der Waals surface area contributed by atoms with Crippen LogP contribution in [0.5, 0.6) is 0 Å². The zero-order chi connectivity index (χ0) is 24.5. The Labute approximate surface area is 206 Å². The molecule has 0 saturated carbocycles. The predicted molar refractivity (Wildman–Crippen MR) is 141 cm³/mol. The summed E-state index contributed by atoms with van der Waals surface area (Å²) in [5.74, 6) is 0.490. The van der Waals surface area contributed by atoms with Gasteiger partial charge in [-0.05, 0) is 48.7 Å². The third kappa shape index (κ3) is 4.21. The molecule has 0 aliphatic carbocycles. The van der Waals surface area contributed by atoms with Crippen LogP contribution in [-0.2, 0) is 4.79 Å². The summed E-state index contributed by atoms with van der Waals surface area (Å²) in [6.45, 7) is 6.02. The van der Waals surface area contributed by atoms with Gasteiger partial charge >= 0.3 is 0 Å². The zero-order valence-electron chi connectivity index (χ0n) is 19.7. The van der Waals surface area contributed by atoms with E-state index in [1.54, 1.807) is 4.57 Å². The molecule has 8 heteroatoms. The number of amides is 1. The van der Waals surface area contributed by atoms with Gasteiger partial charge in [0.2, 0.25) is 11.7 Å². The normalized spacial score (nSPS) is 12.3. The number of benzene rings is 3. The van der Waals surface area contributed by atoms with Crippen LogP contribution in [0.25, 0.3) is 22.4 Å². The van der Waals surface area contributed by atoms with E-state index in [-0.39, 0.29) is 17.4 Å². The van der Waals surface area contributed by atoms with Crippen molar-refractivity contribution in [3.63, 3.8) is 0 Å². The lowest BCUT2D eigenvalue weighted by molar-refractivity contribution is -0.115. The van der Waals surface area contributed by atoms with Gasteiger partial charge in [0, 0.05) is 5.69 Å². The van der Waals surface area contributed by atoms with E-state index in [9.17, 15) is 9.59 Å². The molecule has 0 aliphatic heterocycles. The van der Waals surface area contributed by atoms with E-state index >= 15 is 0 Å². The van der Waals surface area contributed by atoms with Crippen LogP contribution >= 0.6 is 11.8 Å². The summed E-state index contributed by atoms with van der Waals surface area (Å²) in [7, 11) is 0. The van der Waals surface area contributed by atoms with Crippen LogP contribution < -0.4 is 10.9 Å². The average Bonchev–Trinajstić information content (AvgIpc) is 3.28. The highest BCUT2D eigenvalue weighted by atomic mass is 32.2. The number of anilines is 1. The van der Waals surface area contributed by atoms with Crippen molar-refractivity contribution in [2.24, 2.45) is 0 Å². The van der Waals surface area contributed by atoms with Crippen LogP contribution in [-0.4, -0.2) is 30.3 Å². The Kier molecular flexibility index (Phi) is 6.13. The van der Waals surface area contributed by atoms with E-state index in [1.165, 1.54) is 11.8 Å². The number of hydrogen-bond donors (Lipinski definition) is 1. The fraction of sp³-hybridized carbons (Fsp3) is 0.185. The summed E-state index contributed by atoms with van der Waals surface area (Å²) in [6, 6.07) is 24.6. The summed E-state index contributed by atoms with van der Waals surface area (Å²) in [6.07, 6.45) is 0. The molecule has 1 atom stereocenters. The van der Waals surface area contributed by atoms with E-state index in [0.717, 1.165) is 16.9 Å². The summed E-state index contributed by atoms with van der Waals surface area (Å²) >= 11 is 1.30. The van der Waals surface area contributed by atoms with E-state index < -0.39 is 5.25 Å². The van der Waals surface area contributed by atoms with Crippen molar-refractivity contribution in [2.75, 3.05) is 5.32 Å². The number of rotatable bonds is 6. The van der Waals surface area contributed by atoms with E-state index in [4.69, 9.17) is 0 Å². The number of nitrogens with zero attached hydrogens (tertiary/aromatic N) is 4. The first-order valence-corrected chi connectivity index (χ1v) is 12.3. The van der Waals surface area contributed by atoms with Crippen molar-refractivity contribution in [1.29, 1.82) is 0 Å². The second-order valence-electron chi connectivity index (χ2n) is 8.60. The Hall–Kier alpha value is -3.91. The molecule has 2 aromatic heterocycles. The van der Waals surface area contributed by atoms with E-state index in [0.29, 0.717) is 21.8 Å². The number of carbonyl (C=O) groups excluding carboxylic acids is 1. The number of hydrogen-bond acceptors (Lipinski definition) is 5. The van der Waals surface area contributed by atoms with Crippen LogP contribution in [0.1, 0.15) is 32.3 Å². The first-order chi connectivity index (χ1) is 17.0. The van der Waals surface area contributed by atoms with Gasteiger partial charge in [0.05, 0.1) is 21.8 Å². The summed E-state index contributed by atoms with van der Waals surface area (Å²) in [4.78, 5) is 26.5. The van der Waals surface area contributed by atoms with Gasteiger partial charge in [-0.3, -0.25) is 14.0 Å². The molecule has 5 aromatic rings. The fourth-order valence-corrected chi connectivity index (χ4v) is 4.98. The maximum absolute atomic E-state index is 13.7. The third-order valence-corrected chi connectivity index (χ3v) is 6.93. The van der Waals surface area contributed by atoms with Crippen molar-refractivity contribution in [2.45, 2.75) is 37.1 Å². The maximum atomic E-state index is 13.7. The maximum Gasteiger partial charge on any atom is 0.267 e. The molecule has 0 spiro atoms. The molecule has 1 N–H and O–H groups in total. The minimum absolute atomic E-state index is 0.138. The highest BCUT2D eigenvalue weighted by Crippen LogP contribution is 2.29. The van der Waals surface area contributed by atoms with Crippen LogP contribution in [0, 0.1) is 0 Å². The van der Waals surface area contributed by atoms with Crippen molar-refractivity contribution in [3.05, 3.63) is 94.8 Å². The minimum Gasteiger partial charge on any atom is -0.325 e. The number of thioether (sulfide) groups is 1. The predicted octanol–water partition coefficient (Wildman–Crippen LogP) is 5.28. The second kappa shape index (κ2) is 9.38. The van der Waals surface area contributed by atoms with Gasteiger partial charge < -0.3 is 5.32 Å². The van der Waals surface area contributed by atoms with Crippen molar-refractivity contribution >= 4 is 40.0 Å². The van der Waals surface area contributed by atoms with Gasteiger partial charge in [-0.1, -0.05) is 74.1 Å². The Morgan fingerprint density at radius 1 is 0.886 bits per heavy atom. The standard InChI is InChI=1S/C27H25N5O2S/c1-17(2)20-13-7-9-15-22(20)31-25(34)21-14-8-10-16-23(21)32-26(31)29-30-27(32)35-18(3)24(33)28-19-11-5-4-6-12-19/h4-18H,1-3H3,(H,28,33). The lowest BCUT2D eigenvalue weighted by Crippen LogP contribution is -2.24. The molecule has 35 heavy (non-hydrogen) atoms. The topological polar surface area (TPSA) is 81.3 Å². The van der Waals surface area contributed by atoms with Crippen molar-refractivity contribution in [3.8, 4) is 5.69 Å². The molecule has 0 aliphatic rings. The van der Waals surface area contributed by atoms with Gasteiger partial charge in [-0.15, -0.1) is 10.2 Å². The number of fused-ring (bicyclic) bond motifs is 3. The first kappa shape index (κ1) is 22.9. The molecule has 0 radical (unpaired) electrons. The summed E-state index contributed by atoms with van der Waals surface area (Å²) in [5, 5.41) is 12.4. The largest absolute Gasteiger partial charge is 0.325 e. The molecule has 2 heterocycles. The van der Waals surface area contributed by atoms with Gasteiger partial charge in [-0.25, -0.2) is 4.57 Å². The van der Waals surface area contributed by atoms with Crippen LogP contribution in [0.2, 0.25) is 0 Å². The summed E-state index contributed by atoms with van der Waals surface area (Å²) < 4.78 is 3.49. The monoisotopic (exact) mass is 483 g/mol. The Morgan fingerprint density at radius 3 is 2.34 bits per heavy atom. The number of carbonyl (C=O) groups is 1. The number of para-hydroxylation sites is 3. The van der Waals surface area contributed by atoms with Gasteiger partial charge in [-0.2, -0.15) is 0 Å². The Balaban J connectivity index is 1.64. The van der Waals surface area contributed by atoms with E-state index in [1.807, 2.05) is 90.2 Å². The lowest BCUT2D eigenvalue weighted by atomic mass is 10.0. The number of nitrogens with one attached hydrogen (secondary N) is 1. The van der Waals surface area contributed by atoms with Crippen LogP contribution in [0.3, 0.4) is 0 Å². The molecular formula is C27H25N5O2S. The second-order valence-corrected chi connectivity index (χ2v) is 9.91. The molecule has 0 saturated heterocycles. The van der Waals surface area contributed by atoms with Crippen LogP contribution in [0.15, 0.2) is 88.8 Å². The quantitative estimate of drug-likeness (QED) is 0.333. The third-order valence-electron chi connectivity index (χ3n) is 5.89. The SMILES string of the molecule is CC(Sc1nnc2n(-c3ccccc3C(C)C)c(=O)c3ccccc3n12)C(=O)Nc1ccccc1. The number of aromatic nitrogens is 4. The van der Waals surface area contributed by atoms with Gasteiger partial charge in [0.15, 0.2) is 5.16 Å². The molecule has 0 bridgehead atoms. The molecule has 176 valence electrons. The summed E-state index contributed by atoms with van der Waals surface area (Å²) in [5.41, 5.74) is 3.11. The van der Waals surface area contributed by atoms with Crippen molar-refractivity contribution in [1.82, 2.24) is 19.2 Å². The van der Waals surface area contributed by atoms with Gasteiger partial charge in [0.1, 0.15) is 0 Å². The molecule has 0 fully saturated rings. The highest BCUT2D eigenvalue weighted by Gasteiger charge is 2.23. The molecule has 1 amide bonds. The Bertz CT molecular complexity index is 1590. The molecule has 1 unspecified atom stereocenters. The lowest BCUT2D eigenvalue weighted by Gasteiger charge is -2.17. The molecule has 5 rings (SSSR count). The first-order valence-electron chi connectivity index (χ1n) is 11.5. The van der Waals surface area contributed by atoms with Gasteiger partial charge in [0.25, 0.3) is 5.56 Å². The van der Waals surface area contributed by atoms with Crippen molar-refractivity contribution < 1.29 is 4.79 Å². The van der Waals surface area contributed by atoms with E-state index in [2.05, 4.69) is 29.4 Å². The fourth-order valence-electron chi connectivity index (χ4n) is 4.13. The Morgan fingerprint density at radius 2 is 1.57 bits per heavy atom. The average molecular weight is 484 g/mol. The molecule has 3 aromatic carbocycles. The smallest absolute Gasteiger partial charge is 0.267 e.